The molecular formula is C36H22S9. The van der Waals surface area contributed by atoms with Crippen LogP contribution in [-0.2, 0) is 0 Å². The third kappa shape index (κ3) is 6.60. The lowest BCUT2D eigenvalue weighted by Gasteiger charge is -1.92. The smallest absolute Gasteiger partial charge is 0.0449 e. The largest absolute Gasteiger partial charge is 0.143 e. The van der Waals surface area contributed by atoms with E-state index in [2.05, 4.69) is 131 Å². The number of hydrogen-bond donors (Lipinski definition) is 0. The highest BCUT2D eigenvalue weighted by atomic mass is 32.1. The van der Waals surface area contributed by atoms with Crippen molar-refractivity contribution in [2.24, 2.45) is 0 Å². The molecule has 0 atom stereocenters. The molecular weight excluding hydrogens is 721 g/mol. The van der Waals surface area contributed by atoms with Crippen LogP contribution in [0, 0.1) is 0 Å². The number of hydrogen-bond acceptors (Lipinski definition) is 9. The van der Waals surface area contributed by atoms with Crippen molar-refractivity contribution in [3.05, 3.63) is 131 Å². The third-order valence-electron chi connectivity index (χ3n) is 6.81. The quantitative estimate of drug-likeness (QED) is 0.153. The Bertz CT molecular complexity index is 2050. The number of rotatable bonds is 7. The van der Waals surface area contributed by atoms with Crippen LogP contribution in [0.25, 0.3) is 68.3 Å². The van der Waals surface area contributed by atoms with E-state index in [1.807, 2.05) is 56.7 Å². The molecule has 9 aromatic heterocycles. The van der Waals surface area contributed by atoms with E-state index >= 15 is 0 Å². The van der Waals surface area contributed by atoms with E-state index in [9.17, 15) is 0 Å². The minimum absolute atomic E-state index is 1.35. The predicted octanol–water partition coefficient (Wildman–Crippen LogP) is 15.6. The molecule has 0 N–H and O–H groups in total. The fourth-order valence-corrected chi connectivity index (χ4v) is 13.3. The maximum absolute atomic E-state index is 2.27. The minimum Gasteiger partial charge on any atom is -0.143 e. The predicted molar refractivity (Wildman–Crippen MR) is 212 cm³/mol. The van der Waals surface area contributed by atoms with Gasteiger partial charge in [0.1, 0.15) is 0 Å². The molecule has 0 aliphatic heterocycles. The van der Waals surface area contributed by atoms with Crippen LogP contribution in [0.3, 0.4) is 0 Å². The molecule has 0 radical (unpaired) electrons. The zero-order chi connectivity index (χ0) is 30.0. The highest BCUT2D eigenvalue weighted by Crippen LogP contribution is 2.45. The molecule has 0 unspecified atom stereocenters. The summed E-state index contributed by atoms with van der Waals surface area (Å²) in [5.74, 6) is 0. The highest BCUT2D eigenvalue weighted by molar-refractivity contribution is 7.30. The summed E-state index contributed by atoms with van der Waals surface area (Å²) in [4.78, 5) is 19.0. The van der Waals surface area contributed by atoms with Gasteiger partial charge in [0.2, 0.25) is 0 Å². The van der Waals surface area contributed by atoms with Crippen LogP contribution in [0.2, 0.25) is 0 Å². The molecule has 9 rings (SSSR count). The van der Waals surface area contributed by atoms with Crippen molar-refractivity contribution in [3.63, 3.8) is 0 Å². The van der Waals surface area contributed by atoms with Gasteiger partial charge in [-0.1, -0.05) is 24.3 Å². The molecule has 0 saturated heterocycles. The van der Waals surface area contributed by atoms with Crippen molar-refractivity contribution in [2.75, 3.05) is 0 Å². The first-order chi connectivity index (χ1) is 22.3. The third-order valence-corrected chi connectivity index (χ3v) is 17.1. The molecule has 9 heteroatoms. The summed E-state index contributed by atoms with van der Waals surface area (Å²) in [6.45, 7) is 0. The van der Waals surface area contributed by atoms with Crippen LogP contribution >= 0.6 is 102 Å². The molecule has 0 aliphatic carbocycles. The normalized spacial score (nSPS) is 11.1. The summed E-state index contributed by atoms with van der Waals surface area (Å²) in [5.41, 5.74) is 0. The van der Waals surface area contributed by atoms with Crippen LogP contribution in [0.4, 0.5) is 0 Å². The molecule has 0 aromatic carbocycles. The Kier molecular flexibility index (Phi) is 8.95. The molecule has 0 saturated carbocycles. The molecule has 220 valence electrons. The molecule has 9 aromatic rings. The van der Waals surface area contributed by atoms with Gasteiger partial charge in [0, 0.05) is 68.3 Å². The fourth-order valence-electron chi connectivity index (χ4n) is 4.69. The lowest BCUT2D eigenvalue weighted by atomic mass is 10.3. The average Bonchev–Trinajstić information content (AvgIpc) is 3.95. The second-order valence-corrected chi connectivity index (χ2v) is 18.9. The maximum atomic E-state index is 2.27. The second-order valence-electron chi connectivity index (χ2n) is 9.73. The molecule has 0 nitrogen and oxygen atoms in total. The summed E-state index contributed by atoms with van der Waals surface area (Å²) < 4.78 is 0. The monoisotopic (exact) mass is 742 g/mol. The molecule has 45 heavy (non-hydrogen) atoms. The fraction of sp³-hybridized carbons (Fsp3) is 0. The average molecular weight is 743 g/mol. The standard InChI is InChI=1S/C24H14S6.C12H8S3/c1-3-15(25-13-1)17-5-7-19(27-17)21-9-11-23(29-21)24-12-10-22(30-24)20-8-6-18(28-20)16-4-2-14-26-16;1-3-9(13-7-1)11-5-6-12(15-11)10-4-2-8-14-10/h1-14H;1-8H. The van der Waals surface area contributed by atoms with Crippen LogP contribution < -0.4 is 0 Å². The lowest BCUT2D eigenvalue weighted by Crippen LogP contribution is -1.58. The van der Waals surface area contributed by atoms with Crippen molar-refractivity contribution in [1.29, 1.82) is 0 Å². The molecule has 0 bridgehead atoms. The van der Waals surface area contributed by atoms with Gasteiger partial charge in [-0.25, -0.2) is 0 Å². The highest BCUT2D eigenvalue weighted by Gasteiger charge is 2.13. The van der Waals surface area contributed by atoms with Crippen molar-refractivity contribution >= 4 is 102 Å². The van der Waals surface area contributed by atoms with Crippen LogP contribution in [0.15, 0.2) is 131 Å². The van der Waals surface area contributed by atoms with Gasteiger partial charge in [0.05, 0.1) is 0 Å². The minimum atomic E-state index is 1.35. The summed E-state index contributed by atoms with van der Waals surface area (Å²) in [6, 6.07) is 39.7. The van der Waals surface area contributed by atoms with Gasteiger partial charge in [0.15, 0.2) is 0 Å². The first-order valence-electron chi connectivity index (χ1n) is 13.9. The zero-order valence-corrected chi connectivity index (χ0v) is 30.7. The number of thiophene rings is 9. The topological polar surface area (TPSA) is 0 Å². The molecule has 0 aliphatic rings. The zero-order valence-electron chi connectivity index (χ0n) is 23.4. The van der Waals surface area contributed by atoms with Gasteiger partial charge < -0.3 is 0 Å². The van der Waals surface area contributed by atoms with E-state index in [1.165, 1.54) is 68.3 Å². The van der Waals surface area contributed by atoms with E-state index in [1.54, 1.807) is 45.3 Å². The van der Waals surface area contributed by atoms with Gasteiger partial charge in [-0.2, -0.15) is 0 Å². The SMILES string of the molecule is c1csc(-c2ccc(-c3ccc(-c4ccc(-c5ccc(-c6cccs6)s5)s4)s3)s2)c1.c1csc(-c2ccc(-c3cccs3)s2)c1. The van der Waals surface area contributed by atoms with E-state index in [0.29, 0.717) is 0 Å². The Morgan fingerprint density at radius 2 is 0.378 bits per heavy atom. The van der Waals surface area contributed by atoms with Gasteiger partial charge >= 0.3 is 0 Å². The van der Waals surface area contributed by atoms with Crippen LogP contribution in [0.1, 0.15) is 0 Å². The summed E-state index contributed by atoms with van der Waals surface area (Å²) in [5, 5.41) is 8.53. The van der Waals surface area contributed by atoms with Crippen molar-refractivity contribution in [3.8, 4) is 68.3 Å². The Hall–Kier alpha value is -2.70. The Morgan fingerprint density at radius 3 is 0.533 bits per heavy atom. The van der Waals surface area contributed by atoms with Gasteiger partial charge in [0.25, 0.3) is 0 Å². The van der Waals surface area contributed by atoms with Crippen molar-refractivity contribution in [2.45, 2.75) is 0 Å². The van der Waals surface area contributed by atoms with Crippen LogP contribution in [-0.4, -0.2) is 0 Å². The van der Waals surface area contributed by atoms with Crippen molar-refractivity contribution < 1.29 is 0 Å². The Balaban J connectivity index is 0.000000168. The Morgan fingerprint density at radius 1 is 0.200 bits per heavy atom. The summed E-state index contributed by atoms with van der Waals surface area (Å²) >= 11 is 16.6. The molecule has 9 heterocycles. The second kappa shape index (κ2) is 13.6. The summed E-state index contributed by atoms with van der Waals surface area (Å²) in [6.07, 6.45) is 0. The summed E-state index contributed by atoms with van der Waals surface area (Å²) in [7, 11) is 0. The van der Waals surface area contributed by atoms with Gasteiger partial charge in [-0.3, -0.25) is 0 Å². The molecule has 0 spiro atoms. The van der Waals surface area contributed by atoms with Gasteiger partial charge in [-0.15, -0.1) is 102 Å². The van der Waals surface area contributed by atoms with E-state index in [-0.39, 0.29) is 0 Å². The van der Waals surface area contributed by atoms with Gasteiger partial charge in [-0.05, 0) is 106 Å². The molecule has 0 amide bonds. The Labute approximate surface area is 298 Å². The lowest BCUT2D eigenvalue weighted by molar-refractivity contribution is 1.89. The van der Waals surface area contributed by atoms with E-state index < -0.39 is 0 Å². The van der Waals surface area contributed by atoms with E-state index in [4.69, 9.17) is 0 Å². The van der Waals surface area contributed by atoms with E-state index in [0.717, 1.165) is 0 Å². The van der Waals surface area contributed by atoms with Crippen LogP contribution in [0.5, 0.6) is 0 Å². The first-order valence-corrected chi connectivity index (χ1v) is 21.5. The molecule has 0 fully saturated rings. The van der Waals surface area contributed by atoms with Crippen molar-refractivity contribution in [1.82, 2.24) is 0 Å². The first kappa shape index (κ1) is 29.7. The maximum Gasteiger partial charge on any atom is 0.0449 e.